The van der Waals surface area contributed by atoms with Crippen LogP contribution >= 0.6 is 0 Å². The molecule has 0 aromatic carbocycles. The van der Waals surface area contributed by atoms with Crippen LogP contribution in [0, 0.1) is 0 Å². The summed E-state index contributed by atoms with van der Waals surface area (Å²) in [5, 5.41) is 1.50. The third-order valence-corrected chi connectivity index (χ3v) is 8.33. The Kier molecular flexibility index (Phi) is 23.2. The Morgan fingerprint density at radius 2 is 0.767 bits per heavy atom. The van der Waals surface area contributed by atoms with Crippen LogP contribution < -0.4 is 0 Å². The quantitative estimate of drug-likeness (QED) is 0.107. The van der Waals surface area contributed by atoms with E-state index in [0.29, 0.717) is 0 Å². The van der Waals surface area contributed by atoms with Gasteiger partial charge in [0.05, 0.1) is 8.80 Å². The molecule has 0 unspecified atom stereocenters. The van der Waals surface area contributed by atoms with Gasteiger partial charge in [-0.3, -0.25) is 0 Å². The van der Waals surface area contributed by atoms with Gasteiger partial charge in [-0.25, -0.2) is 0 Å². The molecule has 180 valence electrons. The first-order valence-electron chi connectivity index (χ1n) is 14.1. The van der Waals surface area contributed by atoms with Gasteiger partial charge in [-0.15, -0.1) is 0 Å². The molecule has 0 aromatic rings. The fraction of sp³-hybridized carbons (Fsp3) is 0.929. The van der Waals surface area contributed by atoms with Crippen LogP contribution in [-0.4, -0.2) is 26.8 Å². The van der Waals surface area contributed by atoms with Crippen LogP contribution in [0.25, 0.3) is 0 Å². The predicted molar refractivity (Wildman–Crippen MR) is 143 cm³/mol. The van der Waals surface area contributed by atoms with Gasteiger partial charge in [0, 0.05) is 13.1 Å². The minimum atomic E-state index is -0.760. The normalized spacial score (nSPS) is 11.4. The van der Waals surface area contributed by atoms with Crippen LogP contribution in [0.4, 0.5) is 0 Å². The fourth-order valence-electron chi connectivity index (χ4n) is 4.34. The predicted octanol–water partition coefficient (Wildman–Crippen LogP) is 9.67. The molecule has 0 aliphatic carbocycles. The SMILES string of the molecule is C=C(N(CCCCCCCCCCCC)CCCCCCCCCCCC)[SiH](C)C. The van der Waals surface area contributed by atoms with E-state index in [9.17, 15) is 0 Å². The van der Waals surface area contributed by atoms with Crippen LogP contribution in [0.15, 0.2) is 11.9 Å². The van der Waals surface area contributed by atoms with E-state index >= 15 is 0 Å². The molecular weight excluding hydrogens is 378 g/mol. The van der Waals surface area contributed by atoms with E-state index in [1.54, 1.807) is 0 Å². The van der Waals surface area contributed by atoms with Gasteiger partial charge in [0.2, 0.25) is 0 Å². The van der Waals surface area contributed by atoms with Crippen LogP contribution in [-0.2, 0) is 0 Å². The zero-order valence-corrected chi connectivity index (χ0v) is 22.9. The maximum Gasteiger partial charge on any atom is 0.0843 e. The average molecular weight is 438 g/mol. The average Bonchev–Trinajstić information content (AvgIpc) is 2.74. The highest BCUT2D eigenvalue weighted by Crippen LogP contribution is 2.15. The molecule has 1 nitrogen and oxygen atoms in total. The van der Waals surface area contributed by atoms with E-state index in [2.05, 4.69) is 38.4 Å². The molecule has 0 aliphatic rings. The van der Waals surface area contributed by atoms with E-state index in [4.69, 9.17) is 0 Å². The molecule has 2 heteroatoms. The van der Waals surface area contributed by atoms with Crippen molar-refractivity contribution in [3.63, 3.8) is 0 Å². The molecule has 0 aliphatic heterocycles. The summed E-state index contributed by atoms with van der Waals surface area (Å²) in [6, 6.07) is 0. The van der Waals surface area contributed by atoms with Crippen molar-refractivity contribution >= 4 is 8.80 Å². The topological polar surface area (TPSA) is 3.24 Å². The van der Waals surface area contributed by atoms with Crippen molar-refractivity contribution in [1.82, 2.24) is 4.90 Å². The van der Waals surface area contributed by atoms with E-state index in [1.807, 2.05) is 0 Å². The summed E-state index contributed by atoms with van der Waals surface area (Å²) in [5.41, 5.74) is 0. The third kappa shape index (κ3) is 19.7. The molecule has 0 amide bonds. The first-order valence-corrected chi connectivity index (χ1v) is 17.0. The van der Waals surface area contributed by atoms with E-state index < -0.39 is 8.80 Å². The summed E-state index contributed by atoms with van der Waals surface area (Å²) in [7, 11) is -0.760. The number of unbranched alkanes of at least 4 members (excludes halogenated alkanes) is 18. The molecule has 0 aromatic heterocycles. The fourth-order valence-corrected chi connectivity index (χ4v) is 5.33. The van der Waals surface area contributed by atoms with Crippen LogP contribution in [0.3, 0.4) is 0 Å². The zero-order chi connectivity index (χ0) is 22.3. The zero-order valence-electron chi connectivity index (χ0n) is 21.8. The smallest absolute Gasteiger partial charge is 0.0843 e. The van der Waals surface area contributed by atoms with Crippen molar-refractivity contribution in [1.29, 1.82) is 0 Å². The van der Waals surface area contributed by atoms with E-state index in [0.717, 1.165) is 0 Å². The molecule has 0 heterocycles. The number of nitrogens with zero attached hydrogens (tertiary/aromatic N) is 1. The number of hydrogen-bond acceptors (Lipinski definition) is 1. The molecule has 0 spiro atoms. The molecule has 0 radical (unpaired) electrons. The Balaban J connectivity index is 3.73. The highest BCUT2D eigenvalue weighted by Gasteiger charge is 2.11. The highest BCUT2D eigenvalue weighted by molar-refractivity contribution is 6.63. The Labute approximate surface area is 194 Å². The largest absolute Gasteiger partial charge is 0.379 e. The summed E-state index contributed by atoms with van der Waals surface area (Å²) in [6.07, 6.45) is 28.6. The van der Waals surface area contributed by atoms with Crippen LogP contribution in [0.5, 0.6) is 0 Å². The molecule has 0 saturated heterocycles. The first-order chi connectivity index (χ1) is 14.6. The summed E-state index contributed by atoms with van der Waals surface area (Å²) < 4.78 is 0. The summed E-state index contributed by atoms with van der Waals surface area (Å²) in [6.45, 7) is 16.5. The van der Waals surface area contributed by atoms with E-state index in [-0.39, 0.29) is 0 Å². The Morgan fingerprint density at radius 3 is 1.03 bits per heavy atom. The Bertz CT molecular complexity index is 329. The second-order valence-electron chi connectivity index (χ2n) is 10.00. The molecule has 0 bridgehead atoms. The lowest BCUT2D eigenvalue weighted by molar-refractivity contribution is 0.339. The number of hydrogen-bond donors (Lipinski definition) is 0. The minimum absolute atomic E-state index is 0.760. The van der Waals surface area contributed by atoms with E-state index in [1.165, 1.54) is 147 Å². The lowest BCUT2D eigenvalue weighted by atomic mass is 10.1. The molecule has 0 saturated carbocycles. The molecule has 0 fully saturated rings. The van der Waals surface area contributed by atoms with Gasteiger partial charge in [-0.05, 0) is 18.2 Å². The van der Waals surface area contributed by atoms with Crippen molar-refractivity contribution in [2.45, 2.75) is 155 Å². The van der Waals surface area contributed by atoms with Crippen LogP contribution in [0.1, 0.15) is 142 Å². The first kappa shape index (κ1) is 29.8. The third-order valence-electron chi connectivity index (χ3n) is 6.64. The van der Waals surface area contributed by atoms with Crippen molar-refractivity contribution in [2.75, 3.05) is 13.1 Å². The highest BCUT2D eigenvalue weighted by atomic mass is 28.3. The standard InChI is InChI=1S/C28H59NSi/c1-6-8-10-12-14-16-18-20-22-24-26-29(28(3)30(4)5)27-25-23-21-19-17-15-13-11-9-7-2/h30H,3,6-27H2,1-2,4-5H3. The minimum Gasteiger partial charge on any atom is -0.379 e. The molecule has 0 atom stereocenters. The van der Waals surface area contributed by atoms with Gasteiger partial charge in [-0.2, -0.15) is 0 Å². The summed E-state index contributed by atoms with van der Waals surface area (Å²) >= 11 is 0. The Morgan fingerprint density at radius 1 is 0.500 bits per heavy atom. The van der Waals surface area contributed by atoms with Gasteiger partial charge in [-0.1, -0.05) is 149 Å². The van der Waals surface area contributed by atoms with Gasteiger partial charge in [0.25, 0.3) is 0 Å². The van der Waals surface area contributed by atoms with Crippen molar-refractivity contribution in [3.8, 4) is 0 Å². The maximum atomic E-state index is 4.47. The molecule has 0 N–H and O–H groups in total. The van der Waals surface area contributed by atoms with Crippen molar-refractivity contribution < 1.29 is 0 Å². The second-order valence-corrected chi connectivity index (χ2v) is 13.0. The van der Waals surface area contributed by atoms with Gasteiger partial charge >= 0.3 is 0 Å². The van der Waals surface area contributed by atoms with Crippen molar-refractivity contribution in [2.24, 2.45) is 0 Å². The van der Waals surface area contributed by atoms with Crippen LogP contribution in [0.2, 0.25) is 13.1 Å². The van der Waals surface area contributed by atoms with Crippen molar-refractivity contribution in [3.05, 3.63) is 11.9 Å². The maximum absolute atomic E-state index is 4.47. The lowest BCUT2D eigenvalue weighted by Crippen LogP contribution is -2.31. The van der Waals surface area contributed by atoms with Gasteiger partial charge in [0.1, 0.15) is 0 Å². The van der Waals surface area contributed by atoms with Gasteiger partial charge < -0.3 is 4.90 Å². The second kappa shape index (κ2) is 23.4. The van der Waals surface area contributed by atoms with Gasteiger partial charge in [0.15, 0.2) is 0 Å². The summed E-state index contributed by atoms with van der Waals surface area (Å²) in [5.74, 6) is 0. The lowest BCUT2D eigenvalue weighted by Gasteiger charge is -2.29. The molecule has 0 rings (SSSR count). The molecule has 30 heavy (non-hydrogen) atoms. The Hall–Kier alpha value is -0.243. The monoisotopic (exact) mass is 437 g/mol. The summed E-state index contributed by atoms with van der Waals surface area (Å²) in [4.78, 5) is 2.67. The molecular formula is C28H59NSi. The number of rotatable bonds is 24.